The van der Waals surface area contributed by atoms with Gasteiger partial charge in [-0.3, -0.25) is 9.69 Å². The Morgan fingerprint density at radius 2 is 2.21 bits per heavy atom. The van der Waals surface area contributed by atoms with E-state index in [-0.39, 0.29) is 11.9 Å². The summed E-state index contributed by atoms with van der Waals surface area (Å²) in [5.74, 6) is 0.874. The molecule has 2 N–H and O–H groups in total. The highest BCUT2D eigenvalue weighted by Gasteiger charge is 2.17. The van der Waals surface area contributed by atoms with E-state index in [1.54, 1.807) is 6.26 Å². The van der Waals surface area contributed by atoms with Crippen LogP contribution in [0.2, 0.25) is 0 Å². The zero-order chi connectivity index (χ0) is 14.3. The first-order chi connectivity index (χ1) is 9.04. The van der Waals surface area contributed by atoms with Crippen LogP contribution in [0, 0.1) is 0 Å². The van der Waals surface area contributed by atoms with Gasteiger partial charge in [0.05, 0.1) is 18.8 Å². The molecule has 0 bridgehead atoms. The number of furan rings is 1. The molecule has 1 rings (SSSR count). The number of rotatable bonds is 8. The van der Waals surface area contributed by atoms with Crippen molar-refractivity contribution in [3.8, 4) is 0 Å². The second-order valence-electron chi connectivity index (χ2n) is 4.99. The number of likely N-dealkylation sites (N-methyl/N-ethyl adjacent to an activating group) is 1. The van der Waals surface area contributed by atoms with E-state index in [0.717, 1.165) is 12.2 Å². The number of hydrogen-bond acceptors (Lipinski definition) is 4. The minimum Gasteiger partial charge on any atom is -0.468 e. The van der Waals surface area contributed by atoms with E-state index < -0.39 is 0 Å². The molecule has 2 unspecified atom stereocenters. The highest BCUT2D eigenvalue weighted by molar-refractivity contribution is 5.78. The maximum Gasteiger partial charge on any atom is 0.234 e. The minimum atomic E-state index is 0.0127. The average molecular weight is 267 g/mol. The standard InChI is InChI=1S/C14H25N3O2/c1-5-11(2)15-10-14(18)16-9-12(17(3)4)13-7-6-8-19-13/h6-8,11-12,15H,5,9-10H2,1-4H3,(H,16,18). The molecule has 1 heterocycles. The third-order valence-corrected chi connectivity index (χ3v) is 3.21. The van der Waals surface area contributed by atoms with Gasteiger partial charge in [-0.05, 0) is 39.6 Å². The lowest BCUT2D eigenvalue weighted by molar-refractivity contribution is -0.120. The quantitative estimate of drug-likeness (QED) is 0.747. The van der Waals surface area contributed by atoms with Crippen molar-refractivity contribution < 1.29 is 9.21 Å². The van der Waals surface area contributed by atoms with E-state index in [2.05, 4.69) is 24.5 Å². The fourth-order valence-electron chi connectivity index (χ4n) is 1.70. The molecule has 1 amide bonds. The van der Waals surface area contributed by atoms with Gasteiger partial charge in [-0.1, -0.05) is 6.92 Å². The van der Waals surface area contributed by atoms with Crippen molar-refractivity contribution in [3.63, 3.8) is 0 Å². The summed E-state index contributed by atoms with van der Waals surface area (Å²) in [7, 11) is 3.94. The molecule has 0 aliphatic rings. The van der Waals surface area contributed by atoms with Gasteiger partial charge in [-0.2, -0.15) is 0 Å². The maximum absolute atomic E-state index is 11.7. The van der Waals surface area contributed by atoms with E-state index in [1.807, 2.05) is 31.1 Å². The van der Waals surface area contributed by atoms with Crippen molar-refractivity contribution in [3.05, 3.63) is 24.2 Å². The molecular weight excluding hydrogens is 242 g/mol. The fourth-order valence-corrected chi connectivity index (χ4v) is 1.70. The lowest BCUT2D eigenvalue weighted by atomic mass is 10.2. The number of carbonyl (C=O) groups is 1. The Bertz CT molecular complexity index is 363. The molecule has 5 nitrogen and oxygen atoms in total. The zero-order valence-electron chi connectivity index (χ0n) is 12.3. The van der Waals surface area contributed by atoms with Crippen LogP contribution in [0.3, 0.4) is 0 Å². The molecule has 0 radical (unpaired) electrons. The van der Waals surface area contributed by atoms with Crippen LogP contribution in [0.5, 0.6) is 0 Å². The Labute approximate surface area is 115 Å². The lowest BCUT2D eigenvalue weighted by Gasteiger charge is -2.22. The number of carbonyl (C=O) groups excluding carboxylic acids is 1. The minimum absolute atomic E-state index is 0.0127. The zero-order valence-corrected chi connectivity index (χ0v) is 12.3. The highest BCUT2D eigenvalue weighted by atomic mass is 16.3. The second-order valence-corrected chi connectivity index (χ2v) is 4.99. The van der Waals surface area contributed by atoms with Crippen LogP contribution in [0.25, 0.3) is 0 Å². The summed E-state index contributed by atoms with van der Waals surface area (Å²) >= 11 is 0. The molecule has 0 aliphatic heterocycles. The molecule has 1 aromatic heterocycles. The van der Waals surface area contributed by atoms with Gasteiger partial charge in [0.15, 0.2) is 0 Å². The number of nitrogens with zero attached hydrogens (tertiary/aromatic N) is 1. The third-order valence-electron chi connectivity index (χ3n) is 3.21. The van der Waals surface area contributed by atoms with Gasteiger partial charge in [-0.25, -0.2) is 0 Å². The third kappa shape index (κ3) is 5.44. The molecule has 0 aromatic carbocycles. The molecule has 2 atom stereocenters. The summed E-state index contributed by atoms with van der Waals surface area (Å²) in [5.41, 5.74) is 0. The van der Waals surface area contributed by atoms with Crippen LogP contribution in [0.15, 0.2) is 22.8 Å². The summed E-state index contributed by atoms with van der Waals surface area (Å²) in [6.45, 7) is 5.06. The number of nitrogens with one attached hydrogen (secondary N) is 2. The van der Waals surface area contributed by atoms with Gasteiger partial charge >= 0.3 is 0 Å². The van der Waals surface area contributed by atoms with Crippen LogP contribution >= 0.6 is 0 Å². The Morgan fingerprint density at radius 1 is 1.47 bits per heavy atom. The predicted molar refractivity (Wildman–Crippen MR) is 75.9 cm³/mol. The molecule has 5 heteroatoms. The summed E-state index contributed by atoms with van der Waals surface area (Å²) < 4.78 is 5.40. The van der Waals surface area contributed by atoms with Crippen LogP contribution in [-0.4, -0.2) is 44.0 Å². The van der Waals surface area contributed by atoms with E-state index >= 15 is 0 Å². The van der Waals surface area contributed by atoms with E-state index in [0.29, 0.717) is 19.1 Å². The maximum atomic E-state index is 11.7. The molecule has 108 valence electrons. The summed E-state index contributed by atoms with van der Waals surface area (Å²) in [6, 6.07) is 4.20. The molecular formula is C14H25N3O2. The van der Waals surface area contributed by atoms with Gasteiger partial charge in [0.1, 0.15) is 5.76 Å². The SMILES string of the molecule is CCC(C)NCC(=O)NCC(c1ccco1)N(C)C. The van der Waals surface area contributed by atoms with Crippen LogP contribution in [0.4, 0.5) is 0 Å². The summed E-state index contributed by atoms with van der Waals surface area (Å²) in [5, 5.41) is 6.10. The first-order valence-electron chi connectivity index (χ1n) is 6.74. The number of amides is 1. The molecule has 0 spiro atoms. The Morgan fingerprint density at radius 3 is 2.74 bits per heavy atom. The van der Waals surface area contributed by atoms with Crippen molar-refractivity contribution in [1.29, 1.82) is 0 Å². The van der Waals surface area contributed by atoms with Crippen LogP contribution < -0.4 is 10.6 Å². The molecule has 0 saturated carbocycles. The lowest BCUT2D eigenvalue weighted by Crippen LogP contribution is -2.41. The molecule has 0 saturated heterocycles. The largest absolute Gasteiger partial charge is 0.468 e. The first-order valence-corrected chi connectivity index (χ1v) is 6.74. The first kappa shape index (κ1) is 15.7. The van der Waals surface area contributed by atoms with E-state index in [4.69, 9.17) is 4.42 Å². The fraction of sp³-hybridized carbons (Fsp3) is 0.643. The van der Waals surface area contributed by atoms with Gasteiger partial charge in [-0.15, -0.1) is 0 Å². The van der Waals surface area contributed by atoms with Crippen LogP contribution in [0.1, 0.15) is 32.1 Å². The van der Waals surface area contributed by atoms with Crippen LogP contribution in [-0.2, 0) is 4.79 Å². The topological polar surface area (TPSA) is 57.5 Å². The summed E-state index contributed by atoms with van der Waals surface area (Å²) in [4.78, 5) is 13.8. The monoisotopic (exact) mass is 267 g/mol. The number of hydrogen-bond donors (Lipinski definition) is 2. The van der Waals surface area contributed by atoms with Crippen molar-refractivity contribution in [2.45, 2.75) is 32.4 Å². The molecule has 1 aromatic rings. The van der Waals surface area contributed by atoms with E-state index in [1.165, 1.54) is 0 Å². The Kier molecular flexibility index (Phi) is 6.59. The van der Waals surface area contributed by atoms with Crippen molar-refractivity contribution in [1.82, 2.24) is 15.5 Å². The van der Waals surface area contributed by atoms with E-state index in [9.17, 15) is 4.79 Å². The molecule has 19 heavy (non-hydrogen) atoms. The highest BCUT2D eigenvalue weighted by Crippen LogP contribution is 2.17. The summed E-state index contributed by atoms with van der Waals surface area (Å²) in [6.07, 6.45) is 2.66. The van der Waals surface area contributed by atoms with Gasteiger partial charge in [0.2, 0.25) is 5.91 Å². The van der Waals surface area contributed by atoms with Crippen molar-refractivity contribution >= 4 is 5.91 Å². The Balaban J connectivity index is 2.38. The van der Waals surface area contributed by atoms with Crippen molar-refractivity contribution in [2.75, 3.05) is 27.2 Å². The Hall–Kier alpha value is -1.33. The second kappa shape index (κ2) is 7.96. The van der Waals surface area contributed by atoms with Gasteiger partial charge in [0, 0.05) is 12.6 Å². The molecule has 0 aliphatic carbocycles. The molecule has 0 fully saturated rings. The van der Waals surface area contributed by atoms with Gasteiger partial charge < -0.3 is 15.1 Å². The predicted octanol–water partition coefficient (Wildman–Crippen LogP) is 1.39. The average Bonchev–Trinajstić information content (AvgIpc) is 2.89. The normalized spacial score (nSPS) is 14.4. The smallest absolute Gasteiger partial charge is 0.234 e. The van der Waals surface area contributed by atoms with Gasteiger partial charge in [0.25, 0.3) is 0 Å². The van der Waals surface area contributed by atoms with Crippen molar-refractivity contribution in [2.24, 2.45) is 0 Å².